The highest BCUT2D eigenvalue weighted by Gasteiger charge is 2.08. The van der Waals surface area contributed by atoms with Gasteiger partial charge in [0.05, 0.1) is 18.6 Å². The lowest BCUT2D eigenvalue weighted by molar-refractivity contribution is 0.112. The van der Waals surface area contributed by atoms with E-state index in [0.29, 0.717) is 22.1 Å². The van der Waals surface area contributed by atoms with Crippen molar-refractivity contribution < 1.29 is 19.4 Å². The maximum absolute atomic E-state index is 10.6. The fourth-order valence-electron chi connectivity index (χ4n) is 1.47. The van der Waals surface area contributed by atoms with Crippen molar-refractivity contribution in [2.75, 3.05) is 7.11 Å². The molecule has 94 valence electrons. The van der Waals surface area contributed by atoms with Crippen LogP contribution in [0.15, 0.2) is 29.6 Å². The van der Waals surface area contributed by atoms with Crippen LogP contribution in [0.3, 0.4) is 0 Å². The summed E-state index contributed by atoms with van der Waals surface area (Å²) in [4.78, 5) is 11.2. The number of hydrogen-bond donors (Lipinski definition) is 1. The second-order valence-electron chi connectivity index (χ2n) is 3.55. The van der Waals surface area contributed by atoms with Crippen LogP contribution in [0.5, 0.6) is 17.2 Å². The lowest BCUT2D eigenvalue weighted by atomic mass is 10.2. The highest BCUT2D eigenvalue weighted by Crippen LogP contribution is 2.33. The Balaban J connectivity index is 2.25. The van der Waals surface area contributed by atoms with Crippen LogP contribution in [0.25, 0.3) is 0 Å². The van der Waals surface area contributed by atoms with E-state index in [0.717, 1.165) is 11.8 Å². The van der Waals surface area contributed by atoms with E-state index in [4.69, 9.17) is 14.6 Å². The first kappa shape index (κ1) is 12.6. The van der Waals surface area contributed by atoms with Crippen molar-refractivity contribution in [1.29, 1.82) is 0 Å². The molecule has 1 aromatic carbocycles. The van der Waals surface area contributed by atoms with Crippen molar-refractivity contribution in [2.45, 2.75) is 6.61 Å². The molecular weight excluding hydrogens is 252 g/mol. The molecule has 1 N–H and O–H groups in total. The third-order valence-electron chi connectivity index (χ3n) is 2.35. The van der Waals surface area contributed by atoms with Crippen LogP contribution in [0.1, 0.15) is 15.2 Å². The van der Waals surface area contributed by atoms with E-state index < -0.39 is 0 Å². The Kier molecular flexibility index (Phi) is 3.96. The molecule has 0 aliphatic heterocycles. The van der Waals surface area contributed by atoms with Gasteiger partial charge >= 0.3 is 0 Å². The molecule has 0 aliphatic carbocycles. The smallest absolute Gasteiger partial charge is 0.169 e. The Hall–Kier alpha value is -1.85. The van der Waals surface area contributed by atoms with E-state index in [1.807, 2.05) is 0 Å². The van der Waals surface area contributed by atoms with E-state index in [9.17, 15) is 4.79 Å². The minimum Gasteiger partial charge on any atom is -0.493 e. The van der Waals surface area contributed by atoms with Gasteiger partial charge in [-0.1, -0.05) is 6.07 Å². The fourth-order valence-corrected chi connectivity index (χ4v) is 2.08. The largest absolute Gasteiger partial charge is 0.493 e. The molecule has 0 atom stereocenters. The van der Waals surface area contributed by atoms with E-state index >= 15 is 0 Å². The minimum atomic E-state index is -0.0512. The number of carbonyl (C=O) groups excluding carboxylic acids is 1. The number of ether oxygens (including phenoxy) is 2. The first-order valence-electron chi connectivity index (χ1n) is 5.26. The van der Waals surface area contributed by atoms with Crippen LogP contribution >= 0.6 is 11.3 Å². The van der Waals surface area contributed by atoms with Gasteiger partial charge in [0.15, 0.2) is 17.8 Å². The number of benzene rings is 1. The second-order valence-corrected chi connectivity index (χ2v) is 4.49. The van der Waals surface area contributed by atoms with Crippen molar-refractivity contribution in [3.05, 3.63) is 40.1 Å². The molecule has 0 spiro atoms. The second kappa shape index (κ2) is 5.66. The lowest BCUT2D eigenvalue weighted by Crippen LogP contribution is -1.92. The summed E-state index contributed by atoms with van der Waals surface area (Å²) in [7, 11) is 1.54. The summed E-state index contributed by atoms with van der Waals surface area (Å²) in [6, 6.07) is 6.85. The molecule has 0 saturated carbocycles. The van der Waals surface area contributed by atoms with Crippen LogP contribution in [0.4, 0.5) is 0 Å². The Morgan fingerprint density at radius 3 is 2.78 bits per heavy atom. The Labute approximate surface area is 108 Å². The summed E-state index contributed by atoms with van der Waals surface area (Å²) in [5.74, 6) is 1.68. The van der Waals surface area contributed by atoms with E-state index in [1.54, 1.807) is 29.6 Å². The topological polar surface area (TPSA) is 55.8 Å². The molecule has 18 heavy (non-hydrogen) atoms. The van der Waals surface area contributed by atoms with Crippen molar-refractivity contribution in [1.82, 2.24) is 0 Å². The molecule has 1 aromatic heterocycles. The Bertz CT molecular complexity index is 548. The molecule has 5 heteroatoms. The molecule has 0 saturated heterocycles. The summed E-state index contributed by atoms with van der Waals surface area (Å²) in [6.45, 7) is -0.0512. The van der Waals surface area contributed by atoms with Crippen LogP contribution in [-0.2, 0) is 6.61 Å². The molecule has 2 aromatic rings. The normalized spacial score (nSPS) is 10.1. The molecule has 1 heterocycles. The number of methoxy groups -OCH3 is 1. The van der Waals surface area contributed by atoms with Gasteiger partial charge < -0.3 is 14.6 Å². The summed E-state index contributed by atoms with van der Waals surface area (Å²) in [5.41, 5.74) is 0.748. The van der Waals surface area contributed by atoms with E-state index in [2.05, 4.69) is 0 Å². The number of carbonyl (C=O) groups is 1. The fraction of sp³-hybridized carbons (Fsp3) is 0.154. The molecular formula is C13H12O4S. The van der Waals surface area contributed by atoms with E-state index in [-0.39, 0.29) is 6.61 Å². The van der Waals surface area contributed by atoms with Crippen molar-refractivity contribution >= 4 is 17.6 Å². The molecule has 0 amide bonds. The van der Waals surface area contributed by atoms with Gasteiger partial charge in [0.25, 0.3) is 0 Å². The average Bonchev–Trinajstić information content (AvgIpc) is 2.87. The maximum Gasteiger partial charge on any atom is 0.169 e. The Morgan fingerprint density at radius 2 is 2.17 bits per heavy atom. The predicted octanol–water partition coefficient (Wildman–Crippen LogP) is 2.85. The number of aliphatic hydroxyl groups is 1. The molecule has 2 rings (SSSR count). The number of aliphatic hydroxyl groups excluding tert-OH is 1. The highest BCUT2D eigenvalue weighted by atomic mass is 32.1. The van der Waals surface area contributed by atoms with Gasteiger partial charge in [-0.05, 0) is 17.7 Å². The van der Waals surface area contributed by atoms with Crippen molar-refractivity contribution in [3.8, 4) is 17.2 Å². The number of thiophene rings is 1. The first-order chi connectivity index (χ1) is 8.76. The van der Waals surface area contributed by atoms with Crippen LogP contribution in [0.2, 0.25) is 0 Å². The third kappa shape index (κ3) is 2.69. The standard InChI is InChI=1S/C13H12O4S/c1-16-13-4-9(6-14)2-3-12(13)17-10-5-11(7-15)18-8-10/h2-5,7-8,14H,6H2,1H3. The monoisotopic (exact) mass is 264 g/mol. The van der Waals surface area contributed by atoms with Crippen LogP contribution in [0, 0.1) is 0 Å². The lowest BCUT2D eigenvalue weighted by Gasteiger charge is -2.10. The molecule has 0 aliphatic rings. The predicted molar refractivity (Wildman–Crippen MR) is 68.7 cm³/mol. The van der Waals surface area contributed by atoms with Crippen LogP contribution < -0.4 is 9.47 Å². The van der Waals surface area contributed by atoms with Crippen molar-refractivity contribution in [3.63, 3.8) is 0 Å². The minimum absolute atomic E-state index is 0.0512. The Morgan fingerprint density at radius 1 is 1.33 bits per heavy atom. The highest BCUT2D eigenvalue weighted by molar-refractivity contribution is 7.11. The zero-order valence-electron chi connectivity index (χ0n) is 9.75. The summed E-state index contributed by atoms with van der Waals surface area (Å²) in [5, 5.41) is 10.8. The van der Waals surface area contributed by atoms with Gasteiger partial charge in [-0.2, -0.15) is 0 Å². The number of hydrogen-bond acceptors (Lipinski definition) is 5. The number of rotatable bonds is 5. The average molecular weight is 264 g/mol. The van der Waals surface area contributed by atoms with Gasteiger partial charge in [-0.3, -0.25) is 4.79 Å². The summed E-state index contributed by atoms with van der Waals surface area (Å²) >= 11 is 1.32. The zero-order chi connectivity index (χ0) is 13.0. The van der Waals surface area contributed by atoms with E-state index in [1.165, 1.54) is 18.4 Å². The van der Waals surface area contributed by atoms with Gasteiger partial charge in [-0.15, -0.1) is 11.3 Å². The molecule has 4 nitrogen and oxygen atoms in total. The quantitative estimate of drug-likeness (QED) is 0.844. The molecule has 0 fully saturated rings. The van der Waals surface area contributed by atoms with Crippen molar-refractivity contribution in [2.24, 2.45) is 0 Å². The van der Waals surface area contributed by atoms with Gasteiger partial charge in [0.1, 0.15) is 5.75 Å². The van der Waals surface area contributed by atoms with Gasteiger partial charge in [0, 0.05) is 11.4 Å². The van der Waals surface area contributed by atoms with Crippen LogP contribution in [-0.4, -0.2) is 18.5 Å². The summed E-state index contributed by atoms with van der Waals surface area (Å²) < 4.78 is 10.8. The molecule has 0 bridgehead atoms. The van der Waals surface area contributed by atoms with Gasteiger partial charge in [0.2, 0.25) is 0 Å². The molecule has 0 unspecified atom stereocenters. The summed E-state index contributed by atoms with van der Waals surface area (Å²) in [6.07, 6.45) is 0.781. The SMILES string of the molecule is COc1cc(CO)ccc1Oc1csc(C=O)c1. The number of aldehydes is 1. The first-order valence-corrected chi connectivity index (χ1v) is 6.14. The zero-order valence-corrected chi connectivity index (χ0v) is 10.6. The van der Waals surface area contributed by atoms with Gasteiger partial charge in [-0.25, -0.2) is 0 Å². The maximum atomic E-state index is 10.6. The third-order valence-corrected chi connectivity index (χ3v) is 3.19. The molecule has 0 radical (unpaired) electrons.